The summed E-state index contributed by atoms with van der Waals surface area (Å²) in [5, 5.41) is 0. The number of unbranched alkanes of at least 4 members (excludes halogenated alkanes) is 2. The van der Waals surface area contributed by atoms with Gasteiger partial charge in [0.2, 0.25) is 0 Å². The quantitative estimate of drug-likeness (QED) is 0.327. The van der Waals surface area contributed by atoms with E-state index < -0.39 is 0 Å². The zero-order chi connectivity index (χ0) is 6.95. The van der Waals surface area contributed by atoms with Crippen LogP contribution in [-0.2, 0) is 8.98 Å². The number of carbonyl (C=O) groups excluding carboxylic acids is 1. The van der Waals surface area contributed by atoms with Crippen LogP contribution in [0.5, 0.6) is 0 Å². The Morgan fingerprint density at radius 3 is 2.89 bits per heavy atom. The molecule has 0 aromatic rings. The Hall–Kier alpha value is -0.180. The summed E-state index contributed by atoms with van der Waals surface area (Å²) in [7, 11) is 0. The minimum Gasteiger partial charge on any atom is -0.394 e. The summed E-state index contributed by atoms with van der Waals surface area (Å²) in [4.78, 5) is 9.59. The molecule has 0 saturated carbocycles. The molecule has 0 unspecified atom stereocenters. The fourth-order valence-corrected chi connectivity index (χ4v) is 0.961. The van der Waals surface area contributed by atoms with Gasteiger partial charge in [-0.15, -0.1) is 0 Å². The number of carbonyl (C=O) groups is 1. The average Bonchev–Trinajstić information content (AvgIpc) is 1.89. The summed E-state index contributed by atoms with van der Waals surface area (Å²) < 4.78 is 4.42. The monoisotopic (exact) mass is 148 g/mol. The van der Waals surface area contributed by atoms with Crippen LogP contribution in [0.25, 0.3) is 0 Å². The second kappa shape index (κ2) is 7.82. The van der Waals surface area contributed by atoms with Gasteiger partial charge in [0, 0.05) is 5.75 Å². The van der Waals surface area contributed by atoms with Gasteiger partial charge in [0.05, 0.1) is 12.0 Å². The summed E-state index contributed by atoms with van der Waals surface area (Å²) >= 11 is 1.23. The highest BCUT2D eigenvalue weighted by molar-refractivity contribution is 7.94. The van der Waals surface area contributed by atoms with E-state index in [1.54, 1.807) is 0 Å². The van der Waals surface area contributed by atoms with Crippen molar-refractivity contribution >= 4 is 18.5 Å². The molecule has 0 fully saturated rings. The third kappa shape index (κ3) is 7.82. The molecule has 0 atom stereocenters. The van der Waals surface area contributed by atoms with Crippen LogP contribution < -0.4 is 0 Å². The van der Waals surface area contributed by atoms with E-state index in [1.807, 2.05) is 0 Å². The largest absolute Gasteiger partial charge is 0.394 e. The van der Waals surface area contributed by atoms with Crippen LogP contribution in [0.2, 0.25) is 0 Å². The van der Waals surface area contributed by atoms with Gasteiger partial charge in [-0.2, -0.15) is 0 Å². The van der Waals surface area contributed by atoms with Crippen molar-refractivity contribution < 1.29 is 8.98 Å². The molecule has 0 heterocycles. The van der Waals surface area contributed by atoms with E-state index in [0.717, 1.165) is 12.2 Å². The van der Waals surface area contributed by atoms with Crippen molar-refractivity contribution in [2.75, 3.05) is 5.75 Å². The molecule has 0 aromatic carbocycles. The van der Waals surface area contributed by atoms with E-state index in [2.05, 4.69) is 11.1 Å². The lowest BCUT2D eigenvalue weighted by Crippen LogP contribution is -1.80. The minimum atomic E-state index is 0.469. The predicted molar refractivity (Wildman–Crippen MR) is 39.1 cm³/mol. The van der Waals surface area contributed by atoms with Crippen molar-refractivity contribution in [1.82, 2.24) is 0 Å². The van der Waals surface area contributed by atoms with Gasteiger partial charge >= 0.3 is 6.47 Å². The molecule has 54 valence electrons. The molecule has 0 radical (unpaired) electrons. The molecule has 0 N–H and O–H groups in total. The molecule has 0 bridgehead atoms. The van der Waals surface area contributed by atoms with Gasteiger partial charge in [0.25, 0.3) is 0 Å². The van der Waals surface area contributed by atoms with E-state index >= 15 is 0 Å². The number of hydrogen-bond donors (Lipinski definition) is 0. The first-order valence-corrected chi connectivity index (χ1v) is 4.04. The van der Waals surface area contributed by atoms with Crippen LogP contribution in [0.15, 0.2) is 0 Å². The summed E-state index contributed by atoms with van der Waals surface area (Å²) in [6, 6.07) is 0. The average molecular weight is 148 g/mol. The first-order valence-electron chi connectivity index (χ1n) is 3.13. The number of rotatable bonds is 6. The summed E-state index contributed by atoms with van der Waals surface area (Å²) in [6.07, 6.45) is 3.56. The van der Waals surface area contributed by atoms with Gasteiger partial charge in [-0.1, -0.05) is 19.8 Å². The van der Waals surface area contributed by atoms with Gasteiger partial charge in [0.15, 0.2) is 0 Å². The first-order chi connectivity index (χ1) is 4.41. The Balaban J connectivity index is 2.66. The zero-order valence-electron chi connectivity index (χ0n) is 5.63. The smallest absolute Gasteiger partial charge is 0.305 e. The highest BCUT2D eigenvalue weighted by Gasteiger charge is 1.86. The van der Waals surface area contributed by atoms with Crippen molar-refractivity contribution in [1.29, 1.82) is 0 Å². The molecule has 0 aliphatic rings. The lowest BCUT2D eigenvalue weighted by Gasteiger charge is -1.93. The van der Waals surface area contributed by atoms with Crippen molar-refractivity contribution in [2.24, 2.45) is 0 Å². The second-order valence-electron chi connectivity index (χ2n) is 1.72. The maximum atomic E-state index is 9.59. The lowest BCUT2D eigenvalue weighted by atomic mass is 10.3. The molecule has 0 amide bonds. The third-order valence-corrected chi connectivity index (χ3v) is 1.61. The fourth-order valence-electron chi connectivity index (χ4n) is 0.487. The van der Waals surface area contributed by atoms with Crippen LogP contribution >= 0.6 is 12.0 Å². The first kappa shape index (κ1) is 8.82. The predicted octanol–water partition coefficient (Wildman–Crippen LogP) is 2.00. The fraction of sp³-hybridized carbons (Fsp3) is 0.833. The van der Waals surface area contributed by atoms with Gasteiger partial charge in [0.1, 0.15) is 0 Å². The van der Waals surface area contributed by atoms with E-state index in [0.29, 0.717) is 6.47 Å². The normalized spacial score (nSPS) is 9.00. The van der Waals surface area contributed by atoms with Gasteiger partial charge < -0.3 is 4.18 Å². The second-order valence-corrected chi connectivity index (χ2v) is 2.56. The SMILES string of the molecule is CCCCCSOC=O. The Labute approximate surface area is 60.2 Å². The summed E-state index contributed by atoms with van der Waals surface area (Å²) in [5.74, 6) is 0.923. The highest BCUT2D eigenvalue weighted by atomic mass is 32.2. The van der Waals surface area contributed by atoms with Crippen molar-refractivity contribution in [2.45, 2.75) is 26.2 Å². The van der Waals surface area contributed by atoms with E-state index in [1.165, 1.54) is 24.9 Å². The third-order valence-electron chi connectivity index (χ3n) is 0.939. The van der Waals surface area contributed by atoms with Gasteiger partial charge in [-0.05, 0) is 6.42 Å². The molecular weight excluding hydrogens is 136 g/mol. The molecule has 0 saturated heterocycles. The van der Waals surface area contributed by atoms with Crippen molar-refractivity contribution in [3.8, 4) is 0 Å². The summed E-state index contributed by atoms with van der Waals surface area (Å²) in [5.41, 5.74) is 0. The molecule has 0 aliphatic carbocycles. The van der Waals surface area contributed by atoms with Gasteiger partial charge in [-0.3, -0.25) is 4.79 Å². The standard InChI is InChI=1S/C6H12O2S/c1-2-3-4-5-9-8-6-7/h6H,2-5H2,1H3. The van der Waals surface area contributed by atoms with Crippen molar-refractivity contribution in [3.05, 3.63) is 0 Å². The molecule has 0 rings (SSSR count). The maximum absolute atomic E-state index is 9.59. The van der Waals surface area contributed by atoms with Crippen LogP contribution in [0.4, 0.5) is 0 Å². The Morgan fingerprint density at radius 1 is 1.56 bits per heavy atom. The molecular formula is C6H12O2S. The molecule has 0 spiro atoms. The summed E-state index contributed by atoms with van der Waals surface area (Å²) in [6.45, 7) is 2.61. The van der Waals surface area contributed by atoms with E-state index in [9.17, 15) is 4.79 Å². The highest BCUT2D eigenvalue weighted by Crippen LogP contribution is 2.05. The van der Waals surface area contributed by atoms with Crippen LogP contribution in [0, 0.1) is 0 Å². The molecule has 9 heavy (non-hydrogen) atoms. The molecule has 0 aliphatic heterocycles. The number of hydrogen-bond acceptors (Lipinski definition) is 3. The van der Waals surface area contributed by atoms with E-state index in [-0.39, 0.29) is 0 Å². The van der Waals surface area contributed by atoms with Crippen molar-refractivity contribution in [3.63, 3.8) is 0 Å². The van der Waals surface area contributed by atoms with Crippen LogP contribution in [-0.4, -0.2) is 12.2 Å². The van der Waals surface area contributed by atoms with E-state index in [4.69, 9.17) is 0 Å². The molecule has 0 aromatic heterocycles. The Bertz CT molecular complexity index is 66.1. The Morgan fingerprint density at radius 2 is 2.33 bits per heavy atom. The Kier molecular flexibility index (Phi) is 7.66. The maximum Gasteiger partial charge on any atom is 0.305 e. The van der Waals surface area contributed by atoms with Gasteiger partial charge in [-0.25, -0.2) is 0 Å². The lowest BCUT2D eigenvalue weighted by molar-refractivity contribution is -0.119. The van der Waals surface area contributed by atoms with Crippen LogP contribution in [0.3, 0.4) is 0 Å². The van der Waals surface area contributed by atoms with Crippen LogP contribution in [0.1, 0.15) is 26.2 Å². The topological polar surface area (TPSA) is 26.3 Å². The zero-order valence-corrected chi connectivity index (χ0v) is 6.45. The molecule has 2 nitrogen and oxygen atoms in total. The molecule has 3 heteroatoms. The minimum absolute atomic E-state index is 0.469.